The molecule has 3 aromatic carbocycles. The standard InChI is InChI=1S/C25H26FNO4/c1-27(25(19-5-3-2-4-6-19)20-8-10-21(26)11-9-20)14-22(28)16-29-15-18-7-12-23-24(13-18)31-17-30-23/h2-13,22,25,28H,14-17H2,1H3/t22-,25-/m0/s1. The Morgan fingerprint density at radius 1 is 0.968 bits per heavy atom. The zero-order valence-electron chi connectivity index (χ0n) is 17.4. The molecule has 0 unspecified atom stereocenters. The molecule has 1 aliphatic rings. The third-order valence-electron chi connectivity index (χ3n) is 5.26. The Labute approximate surface area is 181 Å². The van der Waals surface area contributed by atoms with Crippen molar-refractivity contribution in [2.45, 2.75) is 18.8 Å². The van der Waals surface area contributed by atoms with E-state index in [0.29, 0.717) is 18.9 Å². The summed E-state index contributed by atoms with van der Waals surface area (Å²) in [5.74, 6) is 1.18. The van der Waals surface area contributed by atoms with Crippen LogP contribution in [0.5, 0.6) is 11.5 Å². The van der Waals surface area contributed by atoms with Crippen molar-refractivity contribution in [1.29, 1.82) is 0 Å². The maximum Gasteiger partial charge on any atom is 0.231 e. The molecule has 0 saturated heterocycles. The number of benzene rings is 3. The fourth-order valence-electron chi connectivity index (χ4n) is 3.82. The molecule has 0 spiro atoms. The van der Waals surface area contributed by atoms with Crippen LogP contribution in [0.2, 0.25) is 0 Å². The Balaban J connectivity index is 1.36. The van der Waals surface area contributed by atoms with Crippen molar-refractivity contribution >= 4 is 0 Å². The first-order valence-corrected chi connectivity index (χ1v) is 10.2. The second kappa shape index (κ2) is 9.92. The van der Waals surface area contributed by atoms with E-state index in [0.717, 1.165) is 22.4 Å². The van der Waals surface area contributed by atoms with E-state index in [1.165, 1.54) is 12.1 Å². The summed E-state index contributed by atoms with van der Waals surface area (Å²) in [7, 11) is 1.95. The van der Waals surface area contributed by atoms with Gasteiger partial charge in [0.2, 0.25) is 6.79 Å². The number of rotatable bonds is 9. The highest BCUT2D eigenvalue weighted by Gasteiger charge is 2.22. The number of hydrogen-bond acceptors (Lipinski definition) is 5. The summed E-state index contributed by atoms with van der Waals surface area (Å²) in [4.78, 5) is 2.05. The SMILES string of the molecule is CN(C[C@H](O)COCc1ccc2c(c1)OCO2)[C@@H](c1ccccc1)c1ccc(F)cc1. The average molecular weight is 423 g/mol. The Kier molecular flexibility index (Phi) is 6.82. The summed E-state index contributed by atoms with van der Waals surface area (Å²) in [6, 6.07) is 22.0. The van der Waals surface area contributed by atoms with Gasteiger partial charge in [0.15, 0.2) is 11.5 Å². The minimum Gasteiger partial charge on any atom is -0.454 e. The molecule has 3 aromatic rings. The van der Waals surface area contributed by atoms with Gasteiger partial charge in [0.25, 0.3) is 0 Å². The van der Waals surface area contributed by atoms with Gasteiger partial charge < -0.3 is 19.3 Å². The fraction of sp³-hybridized carbons (Fsp3) is 0.280. The molecular weight excluding hydrogens is 397 g/mol. The van der Waals surface area contributed by atoms with E-state index in [9.17, 15) is 9.50 Å². The van der Waals surface area contributed by atoms with Crippen molar-refractivity contribution in [1.82, 2.24) is 4.90 Å². The Morgan fingerprint density at radius 2 is 1.68 bits per heavy atom. The summed E-state index contributed by atoms with van der Waals surface area (Å²) in [6.45, 7) is 1.21. The zero-order valence-corrected chi connectivity index (χ0v) is 17.4. The van der Waals surface area contributed by atoms with Crippen LogP contribution in [0.4, 0.5) is 4.39 Å². The van der Waals surface area contributed by atoms with Gasteiger partial charge in [-0.25, -0.2) is 4.39 Å². The Morgan fingerprint density at radius 3 is 2.45 bits per heavy atom. The summed E-state index contributed by atoms with van der Waals surface area (Å²) >= 11 is 0. The molecule has 0 bridgehead atoms. The molecule has 0 radical (unpaired) electrons. The van der Waals surface area contributed by atoms with Gasteiger partial charge in [-0.15, -0.1) is 0 Å². The quantitative estimate of drug-likeness (QED) is 0.560. The number of halogens is 1. The minimum absolute atomic E-state index is 0.106. The molecule has 6 heteroatoms. The first-order chi connectivity index (χ1) is 15.1. The number of aliphatic hydroxyl groups is 1. The van der Waals surface area contributed by atoms with Gasteiger partial charge in [-0.1, -0.05) is 48.5 Å². The van der Waals surface area contributed by atoms with E-state index in [4.69, 9.17) is 14.2 Å². The van der Waals surface area contributed by atoms with Gasteiger partial charge in [-0.3, -0.25) is 4.90 Å². The van der Waals surface area contributed by atoms with Crippen molar-refractivity contribution in [3.05, 3.63) is 95.3 Å². The van der Waals surface area contributed by atoms with Crippen molar-refractivity contribution in [3.8, 4) is 11.5 Å². The normalized spacial score (nSPS) is 14.6. The molecule has 5 nitrogen and oxygen atoms in total. The number of ether oxygens (including phenoxy) is 3. The molecule has 1 aliphatic heterocycles. The van der Waals surface area contributed by atoms with E-state index in [1.807, 2.05) is 55.6 Å². The van der Waals surface area contributed by atoms with E-state index in [2.05, 4.69) is 4.90 Å². The van der Waals surface area contributed by atoms with Crippen LogP contribution in [-0.4, -0.2) is 43.1 Å². The Hall–Kier alpha value is -2.93. The molecular formula is C25H26FNO4. The molecule has 0 amide bonds. The maximum absolute atomic E-state index is 13.4. The van der Waals surface area contributed by atoms with E-state index in [-0.39, 0.29) is 25.3 Å². The fourth-order valence-corrected chi connectivity index (χ4v) is 3.82. The van der Waals surface area contributed by atoms with Crippen LogP contribution in [-0.2, 0) is 11.3 Å². The molecule has 1 heterocycles. The third kappa shape index (κ3) is 5.41. The highest BCUT2D eigenvalue weighted by molar-refractivity contribution is 5.44. The average Bonchev–Trinajstić information content (AvgIpc) is 3.24. The number of hydrogen-bond donors (Lipinski definition) is 1. The molecule has 4 rings (SSSR count). The van der Waals surface area contributed by atoms with E-state index >= 15 is 0 Å². The predicted octanol–water partition coefficient (Wildman–Crippen LogP) is 4.15. The highest BCUT2D eigenvalue weighted by atomic mass is 19.1. The zero-order chi connectivity index (χ0) is 21.6. The van der Waals surface area contributed by atoms with Crippen LogP contribution in [0.1, 0.15) is 22.7 Å². The summed E-state index contributed by atoms with van der Waals surface area (Å²) in [6.07, 6.45) is -0.675. The summed E-state index contributed by atoms with van der Waals surface area (Å²) < 4.78 is 29.8. The molecule has 0 aromatic heterocycles. The van der Waals surface area contributed by atoms with Gasteiger partial charge in [-0.05, 0) is 48.0 Å². The molecule has 162 valence electrons. The lowest BCUT2D eigenvalue weighted by atomic mass is 9.97. The van der Waals surface area contributed by atoms with E-state index in [1.54, 1.807) is 12.1 Å². The smallest absolute Gasteiger partial charge is 0.231 e. The highest BCUT2D eigenvalue weighted by Crippen LogP contribution is 2.32. The topological polar surface area (TPSA) is 51.2 Å². The van der Waals surface area contributed by atoms with Crippen molar-refractivity contribution in [2.75, 3.05) is 27.0 Å². The van der Waals surface area contributed by atoms with Crippen LogP contribution < -0.4 is 9.47 Å². The summed E-state index contributed by atoms with van der Waals surface area (Å²) in [5.41, 5.74) is 2.99. The first-order valence-electron chi connectivity index (χ1n) is 10.2. The molecule has 1 N–H and O–H groups in total. The molecule has 2 atom stereocenters. The van der Waals surface area contributed by atoms with Crippen LogP contribution in [0.25, 0.3) is 0 Å². The van der Waals surface area contributed by atoms with Crippen LogP contribution >= 0.6 is 0 Å². The molecule has 0 fully saturated rings. The van der Waals surface area contributed by atoms with Gasteiger partial charge in [-0.2, -0.15) is 0 Å². The van der Waals surface area contributed by atoms with Crippen molar-refractivity contribution in [2.24, 2.45) is 0 Å². The van der Waals surface area contributed by atoms with Gasteiger partial charge >= 0.3 is 0 Å². The molecule has 31 heavy (non-hydrogen) atoms. The number of fused-ring (bicyclic) bond motifs is 1. The lowest BCUT2D eigenvalue weighted by molar-refractivity contribution is 0.00975. The molecule has 0 saturated carbocycles. The largest absolute Gasteiger partial charge is 0.454 e. The van der Waals surface area contributed by atoms with Gasteiger partial charge in [0, 0.05) is 6.54 Å². The van der Waals surface area contributed by atoms with Crippen molar-refractivity contribution < 1.29 is 23.7 Å². The molecule has 0 aliphatic carbocycles. The first kappa shape index (κ1) is 21.3. The van der Waals surface area contributed by atoms with Crippen LogP contribution in [0.3, 0.4) is 0 Å². The monoisotopic (exact) mass is 423 g/mol. The Bertz CT molecular complexity index is 981. The number of aliphatic hydroxyl groups excluding tert-OH is 1. The second-order valence-corrected chi connectivity index (χ2v) is 7.66. The number of nitrogens with zero attached hydrogens (tertiary/aromatic N) is 1. The van der Waals surface area contributed by atoms with Crippen molar-refractivity contribution in [3.63, 3.8) is 0 Å². The lowest BCUT2D eigenvalue weighted by Gasteiger charge is -2.30. The van der Waals surface area contributed by atoms with E-state index < -0.39 is 6.10 Å². The van der Waals surface area contributed by atoms with Gasteiger partial charge in [0.05, 0.1) is 25.4 Å². The minimum atomic E-state index is -0.675. The van der Waals surface area contributed by atoms with Crippen LogP contribution in [0, 0.1) is 5.82 Å². The predicted molar refractivity (Wildman–Crippen MR) is 116 cm³/mol. The lowest BCUT2D eigenvalue weighted by Crippen LogP contribution is -2.35. The summed E-state index contributed by atoms with van der Waals surface area (Å²) in [5, 5.41) is 10.6. The third-order valence-corrected chi connectivity index (χ3v) is 5.26. The maximum atomic E-state index is 13.4. The second-order valence-electron chi connectivity index (χ2n) is 7.66. The van der Waals surface area contributed by atoms with Crippen LogP contribution in [0.15, 0.2) is 72.8 Å². The van der Waals surface area contributed by atoms with Gasteiger partial charge in [0.1, 0.15) is 5.82 Å². The number of likely N-dealkylation sites (N-methyl/N-ethyl adjacent to an activating group) is 1.